The van der Waals surface area contributed by atoms with Gasteiger partial charge in [-0.2, -0.15) is 5.10 Å². The molecule has 6 nitrogen and oxygen atoms in total. The molecule has 2 aromatic heterocycles. The minimum absolute atomic E-state index is 0.127. The zero-order chi connectivity index (χ0) is 22.1. The number of aliphatic hydroxyl groups is 1. The van der Waals surface area contributed by atoms with Crippen LogP contribution in [0, 0.1) is 12.7 Å². The van der Waals surface area contributed by atoms with Crippen molar-refractivity contribution in [1.29, 1.82) is 0 Å². The highest BCUT2D eigenvalue weighted by Gasteiger charge is 2.22. The minimum Gasteiger partial charge on any atom is -0.393 e. The van der Waals surface area contributed by atoms with Crippen LogP contribution in [-0.2, 0) is 0 Å². The van der Waals surface area contributed by atoms with Crippen LogP contribution in [0.4, 0.5) is 24.7 Å². The third-order valence-corrected chi connectivity index (χ3v) is 5.71. The lowest BCUT2D eigenvalue weighted by Gasteiger charge is -2.31. The van der Waals surface area contributed by atoms with Gasteiger partial charge in [-0.15, -0.1) is 5.10 Å². The molecule has 0 amide bonds. The van der Waals surface area contributed by atoms with Crippen molar-refractivity contribution in [3.8, 4) is 0 Å². The van der Waals surface area contributed by atoms with Gasteiger partial charge in [-0.05, 0) is 32.8 Å². The molecule has 9 heteroatoms. The third kappa shape index (κ3) is 4.27. The van der Waals surface area contributed by atoms with Gasteiger partial charge in [0.05, 0.1) is 40.8 Å². The predicted molar refractivity (Wildman–Crippen MR) is 113 cm³/mol. The Morgan fingerprint density at radius 2 is 1.87 bits per heavy atom. The Kier molecular flexibility index (Phi) is 5.95. The smallest absolute Gasteiger partial charge is 0.266 e. The Morgan fingerprint density at radius 1 is 1.16 bits per heavy atom. The largest absolute Gasteiger partial charge is 0.393 e. The van der Waals surface area contributed by atoms with Gasteiger partial charge < -0.3 is 15.3 Å². The normalized spacial score (nSPS) is 16.2. The number of nitrogens with zero attached hydrogens (tertiary/aromatic N) is 4. The first-order valence-corrected chi connectivity index (χ1v) is 10.2. The molecule has 0 saturated carbocycles. The number of alkyl halides is 2. The molecule has 3 heterocycles. The number of anilines is 2. The van der Waals surface area contributed by atoms with Crippen molar-refractivity contribution in [2.75, 3.05) is 23.3 Å². The number of halogens is 3. The Balaban J connectivity index is 1.68. The molecule has 1 aliphatic heterocycles. The van der Waals surface area contributed by atoms with Gasteiger partial charge in [0.25, 0.3) is 6.43 Å². The number of aryl methyl sites for hydroxylation is 1. The zero-order valence-corrected chi connectivity index (χ0v) is 17.3. The molecule has 3 aromatic rings. The highest BCUT2D eigenvalue weighted by atomic mass is 19.3. The van der Waals surface area contributed by atoms with Crippen molar-refractivity contribution in [2.24, 2.45) is 0 Å². The number of hydrogen-bond donors (Lipinski definition) is 2. The van der Waals surface area contributed by atoms with E-state index in [4.69, 9.17) is 0 Å². The van der Waals surface area contributed by atoms with Gasteiger partial charge in [-0.25, -0.2) is 13.2 Å². The SMILES string of the molecule is Cc1nnc(N[C@H](C)c2cccc(C(F)F)c2F)c2cc(N3CCC(O)CC3)cnc12. The van der Waals surface area contributed by atoms with E-state index in [9.17, 15) is 18.3 Å². The second-order valence-corrected chi connectivity index (χ2v) is 7.86. The molecule has 1 atom stereocenters. The summed E-state index contributed by atoms with van der Waals surface area (Å²) in [5.41, 5.74) is 1.71. The second-order valence-electron chi connectivity index (χ2n) is 7.86. The molecule has 164 valence electrons. The molecular weight excluding hydrogens is 407 g/mol. The highest BCUT2D eigenvalue weighted by Crippen LogP contribution is 2.32. The van der Waals surface area contributed by atoms with Crippen LogP contribution >= 0.6 is 0 Å². The minimum atomic E-state index is -2.89. The molecule has 1 fully saturated rings. The van der Waals surface area contributed by atoms with E-state index in [0.29, 0.717) is 35.3 Å². The number of hydrogen-bond acceptors (Lipinski definition) is 6. The van der Waals surface area contributed by atoms with Crippen LogP contribution in [0.1, 0.15) is 49.1 Å². The highest BCUT2D eigenvalue weighted by molar-refractivity contribution is 5.92. The van der Waals surface area contributed by atoms with Crippen LogP contribution < -0.4 is 10.2 Å². The summed E-state index contributed by atoms with van der Waals surface area (Å²) in [6, 6.07) is 5.31. The fourth-order valence-corrected chi connectivity index (χ4v) is 3.91. The van der Waals surface area contributed by atoms with Crippen molar-refractivity contribution < 1.29 is 18.3 Å². The maximum atomic E-state index is 14.6. The molecule has 1 saturated heterocycles. The summed E-state index contributed by atoms with van der Waals surface area (Å²) >= 11 is 0. The molecular formula is C22H24F3N5O. The van der Waals surface area contributed by atoms with E-state index in [1.54, 1.807) is 20.0 Å². The van der Waals surface area contributed by atoms with E-state index in [0.717, 1.165) is 24.8 Å². The zero-order valence-electron chi connectivity index (χ0n) is 17.3. The summed E-state index contributed by atoms with van der Waals surface area (Å²) in [6.07, 6.45) is -0.0221. The van der Waals surface area contributed by atoms with Crippen molar-refractivity contribution in [2.45, 2.75) is 45.3 Å². The van der Waals surface area contributed by atoms with Crippen LogP contribution in [0.3, 0.4) is 0 Å². The number of aliphatic hydroxyl groups excluding tert-OH is 1. The molecule has 0 unspecified atom stereocenters. The molecule has 0 spiro atoms. The average molecular weight is 431 g/mol. The lowest BCUT2D eigenvalue weighted by molar-refractivity contribution is 0.145. The number of fused-ring (bicyclic) bond motifs is 1. The van der Waals surface area contributed by atoms with Crippen LogP contribution in [0.2, 0.25) is 0 Å². The van der Waals surface area contributed by atoms with E-state index in [2.05, 4.69) is 25.4 Å². The summed E-state index contributed by atoms with van der Waals surface area (Å²) in [7, 11) is 0. The molecule has 0 aliphatic carbocycles. The van der Waals surface area contributed by atoms with Gasteiger partial charge >= 0.3 is 0 Å². The number of piperidine rings is 1. The first-order chi connectivity index (χ1) is 14.8. The van der Waals surface area contributed by atoms with Crippen LogP contribution in [0.25, 0.3) is 10.9 Å². The molecule has 31 heavy (non-hydrogen) atoms. The van der Waals surface area contributed by atoms with Gasteiger partial charge in [-0.1, -0.05) is 18.2 Å². The third-order valence-electron chi connectivity index (χ3n) is 5.71. The second kappa shape index (κ2) is 8.66. The number of rotatable bonds is 5. The van der Waals surface area contributed by atoms with Crippen molar-refractivity contribution in [3.05, 3.63) is 53.1 Å². The van der Waals surface area contributed by atoms with Crippen LogP contribution in [-0.4, -0.2) is 39.5 Å². The molecule has 0 radical (unpaired) electrons. The van der Waals surface area contributed by atoms with Crippen LogP contribution in [0.5, 0.6) is 0 Å². The molecule has 2 N–H and O–H groups in total. The van der Waals surface area contributed by atoms with E-state index < -0.39 is 23.8 Å². The predicted octanol–water partition coefficient (Wildman–Crippen LogP) is 4.54. The summed E-state index contributed by atoms with van der Waals surface area (Å²) < 4.78 is 40.8. The summed E-state index contributed by atoms with van der Waals surface area (Å²) in [5.74, 6) is -0.520. The van der Waals surface area contributed by atoms with Gasteiger partial charge in [0.2, 0.25) is 0 Å². The van der Waals surface area contributed by atoms with Crippen LogP contribution in [0.15, 0.2) is 30.5 Å². The van der Waals surface area contributed by atoms with E-state index in [-0.39, 0.29) is 11.7 Å². The fourth-order valence-electron chi connectivity index (χ4n) is 3.91. The first kappa shape index (κ1) is 21.3. The molecule has 4 rings (SSSR count). The van der Waals surface area contributed by atoms with Crippen molar-refractivity contribution >= 4 is 22.4 Å². The van der Waals surface area contributed by atoms with Crippen molar-refractivity contribution in [1.82, 2.24) is 15.2 Å². The lowest BCUT2D eigenvalue weighted by atomic mass is 10.0. The Labute approximate surface area is 178 Å². The summed E-state index contributed by atoms with van der Waals surface area (Å²) in [6.45, 7) is 4.93. The van der Waals surface area contributed by atoms with Gasteiger partial charge in [0.1, 0.15) is 5.82 Å². The number of nitrogens with one attached hydrogen (secondary N) is 1. The van der Waals surface area contributed by atoms with Crippen molar-refractivity contribution in [3.63, 3.8) is 0 Å². The van der Waals surface area contributed by atoms with E-state index in [1.807, 2.05) is 6.07 Å². The molecule has 1 aromatic carbocycles. The average Bonchev–Trinajstić information content (AvgIpc) is 2.76. The summed E-state index contributed by atoms with van der Waals surface area (Å²) in [4.78, 5) is 6.70. The maximum absolute atomic E-state index is 14.6. The van der Waals surface area contributed by atoms with Gasteiger partial charge in [0.15, 0.2) is 5.82 Å². The van der Waals surface area contributed by atoms with Gasteiger partial charge in [0, 0.05) is 24.0 Å². The number of aromatic nitrogens is 3. The molecule has 0 bridgehead atoms. The fraction of sp³-hybridized carbons (Fsp3) is 0.409. The lowest BCUT2D eigenvalue weighted by Crippen LogP contribution is -2.35. The molecule has 1 aliphatic rings. The topological polar surface area (TPSA) is 74.2 Å². The quantitative estimate of drug-likeness (QED) is 0.618. The van der Waals surface area contributed by atoms with E-state index in [1.165, 1.54) is 12.1 Å². The Bertz CT molecular complexity index is 1090. The van der Waals surface area contributed by atoms with E-state index >= 15 is 0 Å². The first-order valence-electron chi connectivity index (χ1n) is 10.2. The monoisotopic (exact) mass is 431 g/mol. The van der Waals surface area contributed by atoms with Gasteiger partial charge in [-0.3, -0.25) is 4.98 Å². The summed E-state index contributed by atoms with van der Waals surface area (Å²) in [5, 5.41) is 22.0. The Hall–Kier alpha value is -2.94. The number of pyridine rings is 1. The number of benzene rings is 1. The maximum Gasteiger partial charge on any atom is 0.266 e. The Morgan fingerprint density at radius 3 is 2.58 bits per heavy atom. The standard InChI is InChI=1S/C22H24F3N5O/c1-12(16-4-3-5-17(19(16)23)21(24)25)27-22-18-10-14(30-8-6-15(31)7-9-30)11-26-20(18)13(2)28-29-22/h3-5,10-12,15,21,31H,6-9H2,1-2H3,(H,27,29)/t12-/m1/s1.